The zero-order chi connectivity index (χ0) is 14.3. The number of fused-ring (bicyclic) bond motifs is 1. The number of hydrogen-bond acceptors (Lipinski definition) is 3. The van der Waals surface area contributed by atoms with Crippen molar-refractivity contribution in [2.24, 2.45) is 16.9 Å². The summed E-state index contributed by atoms with van der Waals surface area (Å²) in [5.41, 5.74) is 1.78. The highest BCUT2D eigenvalue weighted by Gasteiger charge is 2.46. The van der Waals surface area contributed by atoms with Gasteiger partial charge in [0.2, 0.25) is 5.91 Å². The average Bonchev–Trinajstić information content (AvgIpc) is 2.34. The van der Waals surface area contributed by atoms with Crippen LogP contribution in [0.15, 0.2) is 33.8 Å². The second kappa shape index (κ2) is 5.01. The lowest BCUT2D eigenvalue weighted by Crippen LogP contribution is -2.50. The van der Waals surface area contributed by atoms with Crippen LogP contribution in [0.1, 0.15) is 18.4 Å². The fourth-order valence-corrected chi connectivity index (χ4v) is 2.97. The molecule has 1 amide bonds. The van der Waals surface area contributed by atoms with Crippen molar-refractivity contribution >= 4 is 33.5 Å². The highest BCUT2D eigenvalue weighted by molar-refractivity contribution is 9.10. The van der Waals surface area contributed by atoms with E-state index in [0.717, 1.165) is 33.6 Å². The van der Waals surface area contributed by atoms with E-state index in [9.17, 15) is 9.59 Å². The lowest BCUT2D eigenvalue weighted by atomic mass is 9.68. The lowest BCUT2D eigenvalue weighted by Gasteiger charge is -2.42. The fourth-order valence-electron chi connectivity index (χ4n) is 2.70. The topological polar surface area (TPSA) is 70.0 Å². The summed E-state index contributed by atoms with van der Waals surface area (Å²) in [6.07, 6.45) is 1.75. The van der Waals surface area contributed by atoms with Crippen LogP contribution in [0.5, 0.6) is 0 Å². The zero-order valence-corrected chi connectivity index (χ0v) is 12.2. The molecule has 0 aromatic heterocycles. The Morgan fingerprint density at radius 1 is 1.30 bits per heavy atom. The van der Waals surface area contributed by atoms with Gasteiger partial charge in [0, 0.05) is 16.3 Å². The number of carbonyl (C=O) groups is 2. The molecule has 2 atom stereocenters. The van der Waals surface area contributed by atoms with Crippen LogP contribution in [0.2, 0.25) is 0 Å². The molecule has 2 unspecified atom stereocenters. The number of amides is 1. The molecule has 104 valence electrons. The van der Waals surface area contributed by atoms with E-state index in [4.69, 9.17) is 5.11 Å². The summed E-state index contributed by atoms with van der Waals surface area (Å²) in [6, 6.07) is 7.72. The number of halogens is 1. The van der Waals surface area contributed by atoms with Gasteiger partial charge in [-0.1, -0.05) is 28.1 Å². The third-order valence-electron chi connectivity index (χ3n) is 3.85. The van der Waals surface area contributed by atoms with Crippen molar-refractivity contribution in [3.63, 3.8) is 0 Å². The quantitative estimate of drug-likeness (QED) is 0.918. The molecule has 0 spiro atoms. The Kier molecular flexibility index (Phi) is 3.33. The molecule has 5 nitrogen and oxygen atoms in total. The van der Waals surface area contributed by atoms with Crippen molar-refractivity contribution < 1.29 is 14.7 Å². The molecule has 20 heavy (non-hydrogen) atoms. The van der Waals surface area contributed by atoms with Gasteiger partial charge in [-0.05, 0) is 30.5 Å². The van der Waals surface area contributed by atoms with Crippen LogP contribution in [0.4, 0.5) is 0 Å². The van der Waals surface area contributed by atoms with Gasteiger partial charge in [-0.3, -0.25) is 9.59 Å². The predicted molar refractivity (Wildman–Crippen MR) is 76.2 cm³/mol. The molecule has 0 saturated heterocycles. The van der Waals surface area contributed by atoms with Crippen LogP contribution >= 0.6 is 15.9 Å². The molecule has 6 heteroatoms. The van der Waals surface area contributed by atoms with E-state index in [2.05, 4.69) is 21.0 Å². The van der Waals surface area contributed by atoms with Gasteiger partial charge in [0.1, 0.15) is 6.54 Å². The smallest absolute Gasteiger partial charge is 0.325 e. The maximum Gasteiger partial charge on any atom is 0.325 e. The Morgan fingerprint density at radius 2 is 1.95 bits per heavy atom. The zero-order valence-electron chi connectivity index (χ0n) is 10.6. The molecule has 0 bridgehead atoms. The van der Waals surface area contributed by atoms with Gasteiger partial charge >= 0.3 is 5.97 Å². The maximum absolute atomic E-state index is 12.1. The average molecular weight is 337 g/mol. The van der Waals surface area contributed by atoms with E-state index in [-0.39, 0.29) is 24.3 Å². The van der Waals surface area contributed by atoms with Crippen LogP contribution < -0.4 is 0 Å². The number of benzene rings is 1. The molecule has 1 aliphatic carbocycles. The molecule has 1 aromatic carbocycles. The standard InChI is InChI=1S/C14H13BrN2O3/c15-9-3-1-8(2-4-9)13-10-5-6-11(10)14(20)17(16-13)7-12(18)19/h1-4,10-11H,5-7H2,(H,18,19). The molecular formula is C14H13BrN2O3. The minimum absolute atomic E-state index is 0.106. The molecule has 1 fully saturated rings. The minimum atomic E-state index is -1.05. The molecule has 2 aliphatic rings. The third-order valence-corrected chi connectivity index (χ3v) is 4.38. The largest absolute Gasteiger partial charge is 0.480 e. The Morgan fingerprint density at radius 3 is 2.50 bits per heavy atom. The van der Waals surface area contributed by atoms with Crippen LogP contribution in [0.3, 0.4) is 0 Å². The number of nitrogens with zero attached hydrogens (tertiary/aromatic N) is 2. The summed E-state index contributed by atoms with van der Waals surface area (Å²) < 4.78 is 0.973. The van der Waals surface area contributed by atoms with Crippen molar-refractivity contribution in [1.82, 2.24) is 5.01 Å². The summed E-state index contributed by atoms with van der Waals surface area (Å²) in [5, 5.41) is 14.3. The minimum Gasteiger partial charge on any atom is -0.480 e. The second-order valence-electron chi connectivity index (χ2n) is 5.07. The first-order valence-corrected chi connectivity index (χ1v) is 7.23. The van der Waals surface area contributed by atoms with Crippen molar-refractivity contribution in [3.8, 4) is 0 Å². The van der Waals surface area contributed by atoms with Gasteiger partial charge in [-0.25, -0.2) is 5.01 Å². The molecule has 0 radical (unpaired) electrons. The third kappa shape index (κ3) is 2.24. The maximum atomic E-state index is 12.1. The van der Waals surface area contributed by atoms with Gasteiger partial charge in [-0.2, -0.15) is 5.10 Å². The number of hydrogen-bond donors (Lipinski definition) is 1. The summed E-state index contributed by atoms with van der Waals surface area (Å²) in [4.78, 5) is 22.9. The van der Waals surface area contributed by atoms with Crippen LogP contribution in [-0.4, -0.2) is 34.2 Å². The summed E-state index contributed by atoms with van der Waals surface area (Å²) in [5.74, 6) is -1.18. The first kappa shape index (κ1) is 13.3. The molecule has 1 aromatic rings. The monoisotopic (exact) mass is 336 g/mol. The van der Waals surface area contributed by atoms with Crippen molar-refractivity contribution in [1.29, 1.82) is 0 Å². The number of rotatable bonds is 3. The van der Waals surface area contributed by atoms with Gasteiger partial charge in [0.05, 0.1) is 5.71 Å². The van der Waals surface area contributed by atoms with Gasteiger partial charge in [-0.15, -0.1) is 0 Å². The normalized spacial score (nSPS) is 24.8. The van der Waals surface area contributed by atoms with E-state index >= 15 is 0 Å². The van der Waals surface area contributed by atoms with E-state index in [0.29, 0.717) is 0 Å². The lowest BCUT2D eigenvalue weighted by molar-refractivity contribution is -0.149. The van der Waals surface area contributed by atoms with Crippen LogP contribution in [-0.2, 0) is 9.59 Å². The number of carboxylic acid groups (broad SMARTS) is 1. The first-order chi connectivity index (χ1) is 9.56. The number of carboxylic acids is 1. The van der Waals surface area contributed by atoms with Crippen molar-refractivity contribution in [3.05, 3.63) is 34.3 Å². The Bertz CT molecular complexity index is 597. The SMILES string of the molecule is O=C(O)CN1N=C(c2ccc(Br)cc2)C2CCC2C1=O. The predicted octanol–water partition coefficient (Wildman–Crippen LogP) is 2.11. The van der Waals surface area contributed by atoms with Gasteiger partial charge in [0.15, 0.2) is 0 Å². The summed E-state index contributed by atoms with van der Waals surface area (Å²) in [6.45, 7) is -0.373. The molecule has 1 aliphatic heterocycles. The van der Waals surface area contributed by atoms with Gasteiger partial charge < -0.3 is 5.11 Å². The van der Waals surface area contributed by atoms with Crippen molar-refractivity contribution in [2.75, 3.05) is 6.54 Å². The molecular weight excluding hydrogens is 324 g/mol. The number of carbonyl (C=O) groups excluding carboxylic acids is 1. The Labute approximate surface area is 124 Å². The Balaban J connectivity index is 1.96. The number of aliphatic carboxylic acids is 1. The van der Waals surface area contributed by atoms with E-state index in [1.54, 1.807) is 0 Å². The highest BCUT2D eigenvalue weighted by Crippen LogP contribution is 2.41. The first-order valence-electron chi connectivity index (χ1n) is 6.44. The van der Waals surface area contributed by atoms with E-state index in [1.807, 2.05) is 24.3 Å². The summed E-state index contributed by atoms with van der Waals surface area (Å²) in [7, 11) is 0. The molecule has 1 saturated carbocycles. The second-order valence-corrected chi connectivity index (χ2v) is 5.99. The molecule has 1 N–H and O–H groups in total. The highest BCUT2D eigenvalue weighted by atomic mass is 79.9. The van der Waals surface area contributed by atoms with E-state index in [1.165, 1.54) is 0 Å². The molecule has 3 rings (SSSR count). The molecule has 1 heterocycles. The Hall–Kier alpha value is -1.69. The van der Waals surface area contributed by atoms with Crippen LogP contribution in [0, 0.1) is 11.8 Å². The van der Waals surface area contributed by atoms with Crippen molar-refractivity contribution in [2.45, 2.75) is 12.8 Å². The fraction of sp³-hybridized carbons (Fsp3) is 0.357. The van der Waals surface area contributed by atoms with E-state index < -0.39 is 5.97 Å². The summed E-state index contributed by atoms with van der Waals surface area (Å²) >= 11 is 3.38. The number of hydrazone groups is 1. The van der Waals surface area contributed by atoms with Gasteiger partial charge in [0.25, 0.3) is 0 Å². The van der Waals surface area contributed by atoms with Crippen LogP contribution in [0.25, 0.3) is 0 Å².